The number of aromatic carboxylic acids is 1. The van der Waals surface area contributed by atoms with Crippen molar-refractivity contribution in [2.24, 2.45) is 5.73 Å². The van der Waals surface area contributed by atoms with Gasteiger partial charge in [0, 0.05) is 30.6 Å². The number of fused-ring (bicyclic) bond motifs is 1. The zero-order valence-electron chi connectivity index (χ0n) is 17.7. The van der Waals surface area contributed by atoms with Gasteiger partial charge >= 0.3 is 5.97 Å². The highest BCUT2D eigenvalue weighted by Gasteiger charge is 2.33. The Labute approximate surface area is 192 Å². The predicted molar refractivity (Wildman–Crippen MR) is 118 cm³/mol. The van der Waals surface area contributed by atoms with E-state index in [0.717, 1.165) is 18.2 Å². The van der Waals surface area contributed by atoms with Crippen LogP contribution in [0.4, 0.5) is 14.5 Å². The molecule has 0 atom stereocenters. The highest BCUT2D eigenvalue weighted by molar-refractivity contribution is 6.36. The second-order valence-corrected chi connectivity index (χ2v) is 7.06. The molecule has 10 heteroatoms. The van der Waals surface area contributed by atoms with Crippen LogP contribution in [0.25, 0.3) is 6.08 Å². The van der Waals surface area contributed by atoms with E-state index < -0.39 is 35.2 Å². The van der Waals surface area contributed by atoms with Crippen LogP contribution >= 0.6 is 0 Å². The molecule has 0 spiro atoms. The first-order chi connectivity index (χ1) is 16.1. The number of carboxylic acids is 1. The number of carbonyl (C=O) groups excluding carboxylic acids is 3. The van der Waals surface area contributed by atoms with Crippen molar-refractivity contribution >= 4 is 35.3 Å². The van der Waals surface area contributed by atoms with Crippen molar-refractivity contribution in [1.29, 1.82) is 0 Å². The molecule has 0 saturated carbocycles. The third-order valence-electron chi connectivity index (χ3n) is 4.85. The summed E-state index contributed by atoms with van der Waals surface area (Å²) < 4.78 is 26.4. The van der Waals surface area contributed by atoms with E-state index in [1.165, 1.54) is 48.6 Å². The Morgan fingerprint density at radius 2 is 1.65 bits per heavy atom. The van der Waals surface area contributed by atoms with Gasteiger partial charge in [0.2, 0.25) is 11.7 Å². The lowest BCUT2D eigenvalue weighted by molar-refractivity contribution is -0.114. The Kier molecular flexibility index (Phi) is 6.91. The van der Waals surface area contributed by atoms with Crippen molar-refractivity contribution < 1.29 is 33.1 Å². The van der Waals surface area contributed by atoms with E-state index >= 15 is 0 Å². The molecule has 0 radical (unpaired) electrons. The zero-order valence-corrected chi connectivity index (χ0v) is 17.7. The number of pyridine rings is 1. The van der Waals surface area contributed by atoms with E-state index in [4.69, 9.17) is 10.8 Å². The van der Waals surface area contributed by atoms with Crippen molar-refractivity contribution in [3.63, 3.8) is 0 Å². The maximum absolute atomic E-state index is 13.3. The highest BCUT2D eigenvalue weighted by Crippen LogP contribution is 2.31. The second-order valence-electron chi connectivity index (χ2n) is 7.06. The van der Waals surface area contributed by atoms with Gasteiger partial charge in [0.05, 0.1) is 16.8 Å². The van der Waals surface area contributed by atoms with Gasteiger partial charge in [-0.1, -0.05) is 6.07 Å². The minimum atomic E-state index is -1.21. The first kappa shape index (κ1) is 23.9. The lowest BCUT2D eigenvalue weighted by Gasteiger charge is -2.26. The van der Waals surface area contributed by atoms with E-state index in [0.29, 0.717) is 5.56 Å². The third kappa shape index (κ3) is 5.01. The molecule has 172 valence electrons. The van der Waals surface area contributed by atoms with Gasteiger partial charge in [0.1, 0.15) is 0 Å². The number of likely N-dealkylation sites (N-methyl/N-ethyl adjacent to an activating group) is 1. The van der Waals surface area contributed by atoms with E-state index in [2.05, 4.69) is 4.98 Å². The normalized spacial score (nSPS) is 13.7. The van der Waals surface area contributed by atoms with Crippen molar-refractivity contribution in [3.05, 3.63) is 100 Å². The number of ketones is 1. The average molecular weight is 465 g/mol. The van der Waals surface area contributed by atoms with Gasteiger partial charge in [0.15, 0.2) is 11.6 Å². The summed E-state index contributed by atoms with van der Waals surface area (Å²) in [5, 5.41) is 9.06. The molecule has 3 N–H and O–H groups in total. The molecule has 0 unspecified atom stereocenters. The number of nitrogens with two attached hydrogens (primary N) is 1. The summed E-state index contributed by atoms with van der Waals surface area (Å²) in [5.74, 6) is -5.07. The van der Waals surface area contributed by atoms with Crippen molar-refractivity contribution in [1.82, 2.24) is 4.98 Å². The molecule has 0 bridgehead atoms. The first-order valence-electron chi connectivity index (χ1n) is 9.67. The van der Waals surface area contributed by atoms with Crippen LogP contribution in [0, 0.1) is 11.6 Å². The maximum Gasteiger partial charge on any atom is 0.335 e. The monoisotopic (exact) mass is 465 g/mol. The Bertz CT molecular complexity index is 1340. The number of amides is 2. The molecule has 0 saturated heterocycles. The van der Waals surface area contributed by atoms with Crippen LogP contribution < -0.4 is 10.6 Å². The number of hydrogen-bond donors (Lipinski definition) is 2. The summed E-state index contributed by atoms with van der Waals surface area (Å²) >= 11 is 0. The molecule has 0 aliphatic carbocycles. The Hall–Kier alpha value is -4.73. The topological polar surface area (TPSA) is 131 Å². The molecule has 1 aliphatic heterocycles. The molecule has 1 aromatic heterocycles. The van der Waals surface area contributed by atoms with Gasteiger partial charge in [-0.15, -0.1) is 0 Å². The van der Waals surface area contributed by atoms with Gasteiger partial charge in [-0.25, -0.2) is 13.6 Å². The number of rotatable bonds is 3. The van der Waals surface area contributed by atoms with Crippen molar-refractivity contribution in [2.45, 2.75) is 0 Å². The lowest BCUT2D eigenvalue weighted by Crippen LogP contribution is -2.36. The number of aromatic nitrogens is 1. The van der Waals surface area contributed by atoms with Gasteiger partial charge < -0.3 is 15.7 Å². The minimum absolute atomic E-state index is 0.0517. The number of primary amides is 1. The van der Waals surface area contributed by atoms with Gasteiger partial charge in [-0.05, 0) is 54.1 Å². The fourth-order valence-electron chi connectivity index (χ4n) is 3.09. The average Bonchev–Trinajstić information content (AvgIpc) is 2.83. The Morgan fingerprint density at radius 1 is 0.971 bits per heavy atom. The van der Waals surface area contributed by atoms with Crippen LogP contribution in [0.5, 0.6) is 0 Å². The molecule has 0 fully saturated rings. The van der Waals surface area contributed by atoms with E-state index in [9.17, 15) is 28.0 Å². The lowest BCUT2D eigenvalue weighted by atomic mass is 9.92. The quantitative estimate of drug-likeness (QED) is 0.452. The number of carbonyl (C=O) groups is 4. The van der Waals surface area contributed by atoms with Crippen LogP contribution in [0.2, 0.25) is 0 Å². The molecule has 3 aromatic rings. The van der Waals surface area contributed by atoms with Gasteiger partial charge in [-0.2, -0.15) is 0 Å². The minimum Gasteiger partial charge on any atom is -0.478 e. The number of halogens is 2. The maximum atomic E-state index is 13.3. The first-order valence-corrected chi connectivity index (χ1v) is 9.67. The van der Waals surface area contributed by atoms with E-state index in [-0.39, 0.29) is 28.0 Å². The van der Waals surface area contributed by atoms with Crippen LogP contribution in [0.3, 0.4) is 0 Å². The summed E-state index contributed by atoms with van der Waals surface area (Å²) in [7, 11) is 1.44. The summed E-state index contributed by atoms with van der Waals surface area (Å²) in [6.07, 6.45) is 4.21. The number of carboxylic acid groups (broad SMARTS) is 1. The Morgan fingerprint density at radius 3 is 2.21 bits per heavy atom. The SMILES string of the molecule is CN1C(=O)/C(=C\c2ccc(F)c(F)c2)C(=O)c2cc(C(=O)O)ccc21.NC(=O)c1ccncc1. The molecule has 8 nitrogen and oxygen atoms in total. The smallest absolute Gasteiger partial charge is 0.335 e. The van der Waals surface area contributed by atoms with Crippen LogP contribution in [-0.4, -0.2) is 40.7 Å². The number of Topliss-reactive ketones (excluding diaryl/α,β-unsaturated/α-hetero) is 1. The van der Waals surface area contributed by atoms with Crippen LogP contribution in [0.15, 0.2) is 66.5 Å². The van der Waals surface area contributed by atoms with Crippen molar-refractivity contribution in [3.8, 4) is 0 Å². The van der Waals surface area contributed by atoms with Gasteiger partial charge in [0.25, 0.3) is 5.91 Å². The van der Waals surface area contributed by atoms with E-state index in [1.54, 1.807) is 12.1 Å². The standard InChI is InChI=1S/C18H11F2NO4.C6H6N2O/c1-21-15-5-3-10(18(24)25)8-11(15)16(22)12(17(21)23)6-9-2-4-13(19)14(20)7-9;7-6(9)5-1-3-8-4-2-5/h2-8H,1H3,(H,24,25);1-4H,(H2,7,9)/b12-6-;. The molecular weight excluding hydrogens is 448 g/mol. The van der Waals surface area contributed by atoms with Gasteiger partial charge in [-0.3, -0.25) is 19.4 Å². The second kappa shape index (κ2) is 9.82. The molecule has 1 aliphatic rings. The van der Waals surface area contributed by atoms with Crippen molar-refractivity contribution in [2.75, 3.05) is 11.9 Å². The number of nitrogens with zero attached hydrogens (tertiary/aromatic N) is 2. The zero-order chi connectivity index (χ0) is 25.0. The summed E-state index contributed by atoms with van der Waals surface area (Å²) in [4.78, 5) is 51.5. The molecular formula is C24H17F2N3O5. The predicted octanol–water partition coefficient (Wildman–Crippen LogP) is 3.09. The molecule has 2 amide bonds. The Balaban J connectivity index is 0.000000302. The molecule has 2 heterocycles. The number of hydrogen-bond acceptors (Lipinski definition) is 5. The fourth-order valence-corrected chi connectivity index (χ4v) is 3.09. The molecule has 34 heavy (non-hydrogen) atoms. The number of benzene rings is 2. The van der Waals surface area contributed by atoms with E-state index in [1.807, 2.05) is 0 Å². The molecule has 4 rings (SSSR count). The third-order valence-corrected chi connectivity index (χ3v) is 4.85. The highest BCUT2D eigenvalue weighted by atomic mass is 19.2. The van der Waals surface area contributed by atoms with Crippen LogP contribution in [0.1, 0.15) is 36.6 Å². The largest absolute Gasteiger partial charge is 0.478 e. The number of anilines is 1. The summed E-state index contributed by atoms with van der Waals surface area (Å²) in [5.41, 5.74) is 5.55. The summed E-state index contributed by atoms with van der Waals surface area (Å²) in [6.45, 7) is 0. The van der Waals surface area contributed by atoms with Crippen LogP contribution in [-0.2, 0) is 4.79 Å². The fraction of sp³-hybridized carbons (Fsp3) is 0.0417. The molecule has 2 aromatic carbocycles. The summed E-state index contributed by atoms with van der Waals surface area (Å²) in [6, 6.07) is 9.98.